The molecule has 0 spiro atoms. The number of thioether (sulfide) groups is 1. The first-order valence-electron chi connectivity index (χ1n) is 6.89. The zero-order chi connectivity index (χ0) is 13.7. The number of hydrogen-bond acceptors (Lipinski definition) is 2. The molecule has 0 aliphatic heterocycles. The molecule has 0 amide bonds. The van der Waals surface area contributed by atoms with Gasteiger partial charge in [-0.1, -0.05) is 35.2 Å². The molecule has 1 aromatic carbocycles. The third kappa shape index (κ3) is 5.09. The molecule has 1 N–H and O–H groups in total. The fourth-order valence-corrected chi connectivity index (χ4v) is 4.18. The Morgan fingerprint density at radius 3 is 2.79 bits per heavy atom. The topological polar surface area (TPSA) is 20.2 Å². The zero-order valence-corrected chi connectivity index (χ0v) is 13.4. The van der Waals surface area contributed by atoms with Crippen molar-refractivity contribution in [3.05, 3.63) is 34.1 Å². The molecule has 4 heteroatoms. The number of rotatable bonds is 5. The molecule has 0 radical (unpaired) electrons. The second kappa shape index (κ2) is 7.65. The number of aliphatic hydroxyl groups excluding tert-OH is 1. The van der Waals surface area contributed by atoms with Crippen LogP contribution >= 0.6 is 27.7 Å². The van der Waals surface area contributed by atoms with Crippen LogP contribution in [0.3, 0.4) is 0 Å². The van der Waals surface area contributed by atoms with Crippen molar-refractivity contribution in [3.8, 4) is 0 Å². The first kappa shape index (κ1) is 15.3. The van der Waals surface area contributed by atoms with Gasteiger partial charge in [-0.3, -0.25) is 0 Å². The van der Waals surface area contributed by atoms with E-state index in [2.05, 4.69) is 15.9 Å². The van der Waals surface area contributed by atoms with Crippen LogP contribution in [0.15, 0.2) is 22.7 Å². The van der Waals surface area contributed by atoms with E-state index in [0.717, 1.165) is 4.47 Å². The molecule has 1 unspecified atom stereocenters. The highest BCUT2D eigenvalue weighted by Crippen LogP contribution is 2.29. The van der Waals surface area contributed by atoms with Crippen molar-refractivity contribution < 1.29 is 9.50 Å². The van der Waals surface area contributed by atoms with Crippen molar-refractivity contribution in [2.24, 2.45) is 0 Å². The van der Waals surface area contributed by atoms with Gasteiger partial charge in [0, 0.05) is 21.9 Å². The molecular weight excluding hydrogens is 327 g/mol. The Hall–Kier alpha value is -0.0600. The maximum absolute atomic E-state index is 13.6. The number of benzene rings is 1. The van der Waals surface area contributed by atoms with Gasteiger partial charge >= 0.3 is 0 Å². The van der Waals surface area contributed by atoms with E-state index in [4.69, 9.17) is 0 Å². The fourth-order valence-electron chi connectivity index (χ4n) is 2.49. The molecule has 106 valence electrons. The van der Waals surface area contributed by atoms with Crippen LogP contribution in [0.5, 0.6) is 0 Å². The normalized spacial score (nSPS) is 18.5. The lowest BCUT2D eigenvalue weighted by atomic mass is 10.0. The molecule has 1 aromatic rings. The van der Waals surface area contributed by atoms with Gasteiger partial charge in [0.15, 0.2) is 0 Å². The third-order valence-electron chi connectivity index (χ3n) is 3.54. The van der Waals surface area contributed by atoms with Crippen LogP contribution in [0.4, 0.5) is 4.39 Å². The smallest absolute Gasteiger partial charge is 0.126 e. The third-order valence-corrected chi connectivity index (χ3v) is 5.55. The van der Waals surface area contributed by atoms with Crippen molar-refractivity contribution in [1.82, 2.24) is 0 Å². The Labute approximate surface area is 127 Å². The number of aliphatic hydroxyl groups is 1. The van der Waals surface area contributed by atoms with E-state index >= 15 is 0 Å². The molecule has 1 saturated carbocycles. The van der Waals surface area contributed by atoms with Crippen LogP contribution in [0.1, 0.15) is 37.7 Å². The molecule has 0 bridgehead atoms. The number of hydrogen-bond donors (Lipinski definition) is 1. The van der Waals surface area contributed by atoms with Crippen molar-refractivity contribution in [3.63, 3.8) is 0 Å². The summed E-state index contributed by atoms with van der Waals surface area (Å²) in [5, 5.41) is 10.7. The summed E-state index contributed by atoms with van der Waals surface area (Å²) in [6.07, 6.45) is 6.44. The number of halogens is 2. The summed E-state index contributed by atoms with van der Waals surface area (Å²) in [5.74, 6) is 0.473. The molecule has 0 saturated heterocycles. The summed E-state index contributed by atoms with van der Waals surface area (Å²) in [7, 11) is 0. The summed E-state index contributed by atoms with van der Waals surface area (Å²) < 4.78 is 14.4. The Balaban J connectivity index is 1.80. The highest BCUT2D eigenvalue weighted by molar-refractivity contribution is 9.10. The van der Waals surface area contributed by atoms with Gasteiger partial charge in [-0.2, -0.15) is 11.8 Å². The molecule has 19 heavy (non-hydrogen) atoms. The minimum absolute atomic E-state index is 0.232. The monoisotopic (exact) mass is 346 g/mol. The zero-order valence-electron chi connectivity index (χ0n) is 10.9. The van der Waals surface area contributed by atoms with Gasteiger partial charge < -0.3 is 5.11 Å². The van der Waals surface area contributed by atoms with Gasteiger partial charge in [0.25, 0.3) is 0 Å². The van der Waals surface area contributed by atoms with Crippen molar-refractivity contribution >= 4 is 27.7 Å². The molecular formula is C15H20BrFOS. The molecule has 0 heterocycles. The summed E-state index contributed by atoms with van der Waals surface area (Å²) in [5.41, 5.74) is 0.589. The average molecular weight is 347 g/mol. The Bertz CT molecular complexity index is 407. The van der Waals surface area contributed by atoms with Crippen LogP contribution < -0.4 is 0 Å². The van der Waals surface area contributed by atoms with E-state index < -0.39 is 6.10 Å². The van der Waals surface area contributed by atoms with E-state index in [9.17, 15) is 9.50 Å². The first-order valence-corrected chi connectivity index (χ1v) is 8.73. The van der Waals surface area contributed by atoms with E-state index in [1.165, 1.54) is 38.2 Å². The van der Waals surface area contributed by atoms with E-state index in [1.807, 2.05) is 11.8 Å². The molecule has 2 rings (SSSR count). The molecule has 1 aliphatic rings. The molecule has 1 atom stereocenters. The van der Waals surface area contributed by atoms with Crippen LogP contribution in [-0.2, 0) is 6.42 Å². The second-order valence-corrected chi connectivity index (χ2v) is 7.44. The molecule has 1 nitrogen and oxygen atoms in total. The van der Waals surface area contributed by atoms with Crippen molar-refractivity contribution in [2.75, 3.05) is 5.75 Å². The lowest BCUT2D eigenvalue weighted by Gasteiger charge is -2.22. The molecule has 0 aromatic heterocycles. The van der Waals surface area contributed by atoms with Crippen LogP contribution in [-0.4, -0.2) is 22.2 Å². The maximum Gasteiger partial charge on any atom is 0.126 e. The largest absolute Gasteiger partial charge is 0.392 e. The lowest BCUT2D eigenvalue weighted by molar-refractivity contribution is 0.198. The fraction of sp³-hybridized carbons (Fsp3) is 0.600. The average Bonchev–Trinajstić information content (AvgIpc) is 2.42. The van der Waals surface area contributed by atoms with Crippen LogP contribution in [0.25, 0.3) is 0 Å². The van der Waals surface area contributed by atoms with Crippen molar-refractivity contribution in [1.29, 1.82) is 0 Å². The highest BCUT2D eigenvalue weighted by Gasteiger charge is 2.16. The van der Waals surface area contributed by atoms with Gasteiger partial charge in [-0.25, -0.2) is 4.39 Å². The van der Waals surface area contributed by atoms with Crippen LogP contribution in [0, 0.1) is 5.82 Å². The predicted molar refractivity (Wildman–Crippen MR) is 83.1 cm³/mol. The van der Waals surface area contributed by atoms with E-state index in [-0.39, 0.29) is 5.82 Å². The summed E-state index contributed by atoms with van der Waals surface area (Å²) in [6.45, 7) is 0. The van der Waals surface area contributed by atoms with Gasteiger partial charge in [0.1, 0.15) is 5.82 Å². The van der Waals surface area contributed by atoms with Gasteiger partial charge in [-0.05, 0) is 36.6 Å². The summed E-state index contributed by atoms with van der Waals surface area (Å²) in [6, 6.07) is 4.88. The Morgan fingerprint density at radius 1 is 1.32 bits per heavy atom. The SMILES string of the molecule is OC(CSC1CCCCC1)Cc1cc(Br)ccc1F. The quantitative estimate of drug-likeness (QED) is 0.843. The predicted octanol–water partition coefficient (Wildman–Crippen LogP) is 4.56. The minimum Gasteiger partial charge on any atom is -0.392 e. The lowest BCUT2D eigenvalue weighted by Crippen LogP contribution is -2.18. The maximum atomic E-state index is 13.6. The minimum atomic E-state index is -0.462. The highest BCUT2D eigenvalue weighted by atomic mass is 79.9. The Morgan fingerprint density at radius 2 is 2.05 bits per heavy atom. The first-order chi connectivity index (χ1) is 9.15. The van der Waals surface area contributed by atoms with Crippen molar-refractivity contribution in [2.45, 2.75) is 49.9 Å². The standard InChI is InChI=1S/C15H20BrFOS/c16-12-6-7-15(17)11(8-12)9-13(18)10-19-14-4-2-1-3-5-14/h6-8,13-14,18H,1-5,9-10H2. The second-order valence-electron chi connectivity index (χ2n) is 5.19. The van der Waals surface area contributed by atoms with Gasteiger partial charge in [0.05, 0.1) is 6.10 Å². The molecule has 1 fully saturated rings. The molecule has 1 aliphatic carbocycles. The summed E-state index contributed by atoms with van der Waals surface area (Å²) >= 11 is 5.18. The van der Waals surface area contributed by atoms with E-state index in [1.54, 1.807) is 12.1 Å². The van der Waals surface area contributed by atoms with Crippen LogP contribution in [0.2, 0.25) is 0 Å². The van der Waals surface area contributed by atoms with Gasteiger partial charge in [0.2, 0.25) is 0 Å². The summed E-state index contributed by atoms with van der Waals surface area (Å²) in [4.78, 5) is 0. The van der Waals surface area contributed by atoms with Gasteiger partial charge in [-0.15, -0.1) is 0 Å². The Kier molecular flexibility index (Phi) is 6.17. The van der Waals surface area contributed by atoms with E-state index in [0.29, 0.717) is 23.0 Å².